The molecule has 1 rings (SSSR count). The molecule has 1 aliphatic rings. The molecule has 0 N–H and O–H groups in total. The van der Waals surface area contributed by atoms with Gasteiger partial charge in [-0.1, -0.05) is 38.3 Å². The van der Waals surface area contributed by atoms with E-state index >= 15 is 0 Å². The van der Waals surface area contributed by atoms with Gasteiger partial charge < -0.3 is 0 Å². The third-order valence-corrected chi connectivity index (χ3v) is 3.07. The van der Waals surface area contributed by atoms with E-state index in [0.717, 1.165) is 5.92 Å². The quantitative estimate of drug-likeness (QED) is 0.536. The average Bonchev–Trinajstić information content (AvgIpc) is 2.02. The summed E-state index contributed by atoms with van der Waals surface area (Å²) in [6, 6.07) is 0. The van der Waals surface area contributed by atoms with Crippen LogP contribution >= 0.6 is 0 Å². The van der Waals surface area contributed by atoms with E-state index in [1.54, 1.807) is 5.57 Å². The molecule has 0 fully saturated rings. The van der Waals surface area contributed by atoms with Crippen LogP contribution in [-0.4, -0.2) is 0 Å². The van der Waals surface area contributed by atoms with Crippen LogP contribution in [0.3, 0.4) is 0 Å². The van der Waals surface area contributed by atoms with Gasteiger partial charge in [-0.05, 0) is 38.0 Å². The van der Waals surface area contributed by atoms with Crippen LogP contribution in [0.5, 0.6) is 0 Å². The standard InChI is InChI=1S/C12H22/c1-3-11(2)12-9-7-5-4-6-8-10-12/h9,11H,3-8,10H2,1-2H3. The highest BCUT2D eigenvalue weighted by atomic mass is 14.1. The Morgan fingerprint density at radius 3 is 2.75 bits per heavy atom. The topological polar surface area (TPSA) is 0 Å². The minimum atomic E-state index is 0.836. The van der Waals surface area contributed by atoms with Crippen LogP contribution in [-0.2, 0) is 0 Å². The van der Waals surface area contributed by atoms with E-state index in [1.807, 2.05) is 0 Å². The van der Waals surface area contributed by atoms with Gasteiger partial charge in [0.15, 0.2) is 0 Å². The summed E-state index contributed by atoms with van der Waals surface area (Å²) in [5.74, 6) is 0.836. The minimum absolute atomic E-state index is 0.836. The number of allylic oxidation sites excluding steroid dienone is 2. The van der Waals surface area contributed by atoms with E-state index < -0.39 is 0 Å². The van der Waals surface area contributed by atoms with Crippen LogP contribution in [0.2, 0.25) is 0 Å². The first-order valence-electron chi connectivity index (χ1n) is 5.53. The van der Waals surface area contributed by atoms with Crippen molar-refractivity contribution in [2.75, 3.05) is 0 Å². The van der Waals surface area contributed by atoms with E-state index in [2.05, 4.69) is 19.9 Å². The zero-order valence-corrected chi connectivity index (χ0v) is 8.60. The van der Waals surface area contributed by atoms with E-state index in [-0.39, 0.29) is 0 Å². The van der Waals surface area contributed by atoms with Gasteiger partial charge in [0.2, 0.25) is 0 Å². The van der Waals surface area contributed by atoms with Gasteiger partial charge in [-0.25, -0.2) is 0 Å². The SMILES string of the molecule is CCC(C)C1=CCCCCCC1. The molecule has 0 heterocycles. The lowest BCUT2D eigenvalue weighted by atomic mass is 9.90. The normalized spacial score (nSPS) is 22.3. The average molecular weight is 166 g/mol. The first-order valence-corrected chi connectivity index (χ1v) is 5.53. The molecule has 0 spiro atoms. The highest BCUT2D eigenvalue weighted by Gasteiger charge is 2.07. The molecule has 0 radical (unpaired) electrons. The van der Waals surface area contributed by atoms with Gasteiger partial charge >= 0.3 is 0 Å². The molecule has 0 saturated heterocycles. The van der Waals surface area contributed by atoms with Crippen molar-refractivity contribution < 1.29 is 0 Å². The Labute approximate surface area is 77.1 Å². The van der Waals surface area contributed by atoms with E-state index in [0.29, 0.717) is 0 Å². The van der Waals surface area contributed by atoms with Crippen LogP contribution in [0.25, 0.3) is 0 Å². The van der Waals surface area contributed by atoms with Crippen molar-refractivity contribution in [1.29, 1.82) is 0 Å². The largest absolute Gasteiger partial charge is 0.0851 e. The Kier molecular flexibility index (Phi) is 4.42. The number of hydrogen-bond acceptors (Lipinski definition) is 0. The van der Waals surface area contributed by atoms with Gasteiger partial charge in [0.05, 0.1) is 0 Å². The summed E-state index contributed by atoms with van der Waals surface area (Å²) in [6.07, 6.45) is 12.3. The molecule has 1 unspecified atom stereocenters. The van der Waals surface area contributed by atoms with Gasteiger partial charge in [-0.2, -0.15) is 0 Å². The molecule has 1 atom stereocenters. The molecular weight excluding hydrogens is 144 g/mol. The Balaban J connectivity index is 2.46. The van der Waals surface area contributed by atoms with Crippen molar-refractivity contribution >= 4 is 0 Å². The van der Waals surface area contributed by atoms with Gasteiger partial charge in [-0.3, -0.25) is 0 Å². The van der Waals surface area contributed by atoms with Crippen LogP contribution < -0.4 is 0 Å². The molecular formula is C12H22. The molecule has 0 heteroatoms. The molecule has 0 aromatic carbocycles. The molecule has 1 aliphatic carbocycles. The number of rotatable bonds is 2. The second-order valence-corrected chi connectivity index (χ2v) is 4.04. The highest BCUT2D eigenvalue weighted by Crippen LogP contribution is 2.24. The fraction of sp³-hybridized carbons (Fsp3) is 0.833. The van der Waals surface area contributed by atoms with Gasteiger partial charge in [0, 0.05) is 0 Å². The van der Waals surface area contributed by atoms with Gasteiger partial charge in [0.25, 0.3) is 0 Å². The van der Waals surface area contributed by atoms with Crippen molar-refractivity contribution in [3.05, 3.63) is 11.6 Å². The summed E-state index contributed by atoms with van der Waals surface area (Å²) in [6.45, 7) is 4.66. The van der Waals surface area contributed by atoms with Crippen LogP contribution in [0.15, 0.2) is 11.6 Å². The third kappa shape index (κ3) is 3.00. The maximum Gasteiger partial charge on any atom is -0.0234 e. The van der Waals surface area contributed by atoms with Crippen molar-refractivity contribution in [3.8, 4) is 0 Å². The summed E-state index contributed by atoms with van der Waals surface area (Å²) in [5, 5.41) is 0. The smallest absolute Gasteiger partial charge is 0.0234 e. The Morgan fingerprint density at radius 1 is 1.25 bits per heavy atom. The molecule has 0 bridgehead atoms. The zero-order chi connectivity index (χ0) is 8.81. The number of hydrogen-bond donors (Lipinski definition) is 0. The van der Waals surface area contributed by atoms with Crippen molar-refractivity contribution in [2.45, 2.75) is 58.8 Å². The molecule has 0 aliphatic heterocycles. The van der Waals surface area contributed by atoms with Gasteiger partial charge in [-0.15, -0.1) is 0 Å². The van der Waals surface area contributed by atoms with Gasteiger partial charge in [0.1, 0.15) is 0 Å². The molecule has 0 aromatic rings. The third-order valence-electron chi connectivity index (χ3n) is 3.07. The van der Waals surface area contributed by atoms with Crippen LogP contribution in [0, 0.1) is 5.92 Å². The maximum atomic E-state index is 2.51. The van der Waals surface area contributed by atoms with Crippen molar-refractivity contribution in [2.24, 2.45) is 5.92 Å². The summed E-state index contributed by atoms with van der Waals surface area (Å²) in [4.78, 5) is 0. The summed E-state index contributed by atoms with van der Waals surface area (Å²) < 4.78 is 0. The molecule has 0 saturated carbocycles. The van der Waals surface area contributed by atoms with E-state index in [1.165, 1.54) is 44.9 Å². The Morgan fingerprint density at radius 2 is 2.00 bits per heavy atom. The minimum Gasteiger partial charge on any atom is -0.0851 e. The molecule has 0 aromatic heterocycles. The van der Waals surface area contributed by atoms with E-state index in [4.69, 9.17) is 0 Å². The van der Waals surface area contributed by atoms with E-state index in [9.17, 15) is 0 Å². The lowest BCUT2D eigenvalue weighted by Gasteiger charge is -2.16. The molecule has 0 nitrogen and oxygen atoms in total. The molecule has 12 heavy (non-hydrogen) atoms. The maximum absolute atomic E-state index is 2.51. The highest BCUT2D eigenvalue weighted by molar-refractivity contribution is 5.06. The molecule has 70 valence electrons. The Bertz CT molecular complexity index is 144. The fourth-order valence-corrected chi connectivity index (χ4v) is 1.93. The predicted molar refractivity (Wildman–Crippen MR) is 55.2 cm³/mol. The van der Waals surface area contributed by atoms with Crippen molar-refractivity contribution in [1.82, 2.24) is 0 Å². The van der Waals surface area contributed by atoms with Crippen molar-refractivity contribution in [3.63, 3.8) is 0 Å². The Hall–Kier alpha value is -0.260. The second kappa shape index (κ2) is 5.40. The monoisotopic (exact) mass is 166 g/mol. The zero-order valence-electron chi connectivity index (χ0n) is 8.60. The summed E-state index contributed by atoms with van der Waals surface area (Å²) >= 11 is 0. The van der Waals surface area contributed by atoms with Crippen LogP contribution in [0.4, 0.5) is 0 Å². The first kappa shape index (κ1) is 9.83. The second-order valence-electron chi connectivity index (χ2n) is 4.04. The lowest BCUT2D eigenvalue weighted by molar-refractivity contribution is 0.559. The molecule has 0 amide bonds. The summed E-state index contributed by atoms with van der Waals surface area (Å²) in [5.41, 5.74) is 1.73. The fourth-order valence-electron chi connectivity index (χ4n) is 1.93. The lowest BCUT2D eigenvalue weighted by Crippen LogP contribution is -2.00. The predicted octanol–water partition coefficient (Wildman–Crippen LogP) is 4.31. The summed E-state index contributed by atoms with van der Waals surface area (Å²) in [7, 11) is 0. The van der Waals surface area contributed by atoms with Crippen LogP contribution in [0.1, 0.15) is 58.8 Å². The first-order chi connectivity index (χ1) is 5.84.